The predicted molar refractivity (Wildman–Crippen MR) is 195 cm³/mol. The van der Waals surface area contributed by atoms with Crippen LogP contribution in [-0.2, 0) is 21.2 Å². The van der Waals surface area contributed by atoms with E-state index in [1.165, 1.54) is 42.5 Å². The molecule has 4 aromatic rings. The van der Waals surface area contributed by atoms with E-state index >= 15 is 0 Å². The molecule has 6 atom stereocenters. The normalized spacial score (nSPS) is 23.7. The SMILES string of the molecule is CN1CC(=O)N([C@H]2C[C@@H](n3cnc4c(N[C@H](CO)Cc5ccccc5)nc(N5CC[C@@H](NC(=O)Nc6cccc(S(N)(=O)=O)c6)C5)nc43)[C@H](O)[C@@H]2O)C1=O. The monoisotopic (exact) mass is 763 g/mol. The van der Waals surface area contributed by atoms with E-state index < -0.39 is 58.3 Å². The zero-order valence-electron chi connectivity index (χ0n) is 29.2. The lowest BCUT2D eigenvalue weighted by Gasteiger charge is -2.24. The van der Waals surface area contributed by atoms with Crippen LogP contribution < -0.4 is 26.0 Å². The molecule has 2 aliphatic heterocycles. The maximum Gasteiger partial charge on any atom is 0.327 e. The number of aliphatic hydroxyl groups excluding tert-OH is 3. The Morgan fingerprint density at radius 2 is 1.81 bits per heavy atom. The molecule has 5 amide bonds. The number of nitrogens with two attached hydrogens (primary N) is 1. The molecule has 286 valence electrons. The van der Waals surface area contributed by atoms with Gasteiger partial charge in [0.1, 0.15) is 18.8 Å². The second-order valence-corrected chi connectivity index (χ2v) is 15.3. The van der Waals surface area contributed by atoms with E-state index in [2.05, 4.69) is 20.9 Å². The molecule has 2 saturated heterocycles. The van der Waals surface area contributed by atoms with Crippen LogP contribution in [0.15, 0.2) is 65.8 Å². The third kappa shape index (κ3) is 7.37. The highest BCUT2D eigenvalue weighted by Gasteiger charge is 2.51. The van der Waals surface area contributed by atoms with Crippen LogP contribution in [-0.4, -0.2) is 135 Å². The molecule has 0 unspecified atom stereocenters. The zero-order chi connectivity index (χ0) is 38.3. The predicted octanol–water partition coefficient (Wildman–Crippen LogP) is -0.181. The van der Waals surface area contributed by atoms with Crippen LogP contribution in [0.5, 0.6) is 0 Å². The minimum Gasteiger partial charge on any atom is -0.394 e. The highest BCUT2D eigenvalue weighted by Crippen LogP contribution is 2.38. The molecule has 0 spiro atoms. The van der Waals surface area contributed by atoms with Gasteiger partial charge in [0.15, 0.2) is 17.0 Å². The summed E-state index contributed by atoms with van der Waals surface area (Å²) in [5.74, 6) is 0.107. The van der Waals surface area contributed by atoms with Crippen LogP contribution in [0, 0.1) is 0 Å². The summed E-state index contributed by atoms with van der Waals surface area (Å²) in [7, 11) is -2.47. The molecule has 1 saturated carbocycles. The summed E-state index contributed by atoms with van der Waals surface area (Å²) in [6, 6.07) is 11.5. The highest BCUT2D eigenvalue weighted by molar-refractivity contribution is 7.89. The highest BCUT2D eigenvalue weighted by atomic mass is 32.2. The van der Waals surface area contributed by atoms with Crippen LogP contribution in [0.3, 0.4) is 0 Å². The average Bonchev–Trinajstić information content (AvgIpc) is 3.90. The van der Waals surface area contributed by atoms with Crippen molar-refractivity contribution in [3.05, 3.63) is 66.5 Å². The molecule has 4 heterocycles. The molecular formula is C34H41N11O8S. The number of fused-ring (bicyclic) bond motifs is 1. The fourth-order valence-electron chi connectivity index (χ4n) is 7.29. The van der Waals surface area contributed by atoms with Crippen LogP contribution in [0.2, 0.25) is 0 Å². The number of aliphatic hydroxyl groups is 3. The number of carbonyl (C=O) groups is 3. The van der Waals surface area contributed by atoms with Crippen molar-refractivity contribution in [2.75, 3.05) is 48.8 Å². The number of amides is 5. The van der Waals surface area contributed by atoms with Gasteiger partial charge < -0.3 is 45.6 Å². The number of imidazole rings is 1. The molecule has 54 heavy (non-hydrogen) atoms. The summed E-state index contributed by atoms with van der Waals surface area (Å²) in [6.45, 7) is 0.383. The van der Waals surface area contributed by atoms with Gasteiger partial charge in [-0.2, -0.15) is 9.97 Å². The van der Waals surface area contributed by atoms with Crippen molar-refractivity contribution in [3.63, 3.8) is 0 Å². The van der Waals surface area contributed by atoms with Crippen LogP contribution in [0.4, 0.5) is 27.0 Å². The third-order valence-electron chi connectivity index (χ3n) is 10.0. The number of nitrogens with zero attached hydrogens (tertiary/aromatic N) is 7. The molecule has 3 fully saturated rings. The number of urea groups is 2. The van der Waals surface area contributed by atoms with Crippen LogP contribution in [0.25, 0.3) is 11.2 Å². The van der Waals surface area contributed by atoms with Gasteiger partial charge in [0.05, 0.1) is 36.0 Å². The van der Waals surface area contributed by atoms with Gasteiger partial charge in [0.2, 0.25) is 16.0 Å². The first kappa shape index (κ1) is 36.9. The average molecular weight is 764 g/mol. The fourth-order valence-corrected chi connectivity index (χ4v) is 7.85. The summed E-state index contributed by atoms with van der Waals surface area (Å²) in [5, 5.41) is 46.8. The first-order valence-corrected chi connectivity index (χ1v) is 18.9. The van der Waals surface area contributed by atoms with Crippen LogP contribution in [0.1, 0.15) is 24.4 Å². The van der Waals surface area contributed by atoms with Gasteiger partial charge in [-0.25, -0.2) is 28.1 Å². The molecule has 2 aromatic heterocycles. The van der Waals surface area contributed by atoms with Crippen molar-refractivity contribution >= 4 is 56.6 Å². The van der Waals surface area contributed by atoms with Gasteiger partial charge in [-0.1, -0.05) is 36.4 Å². The fraction of sp³-hybridized carbons (Fsp3) is 0.412. The molecule has 7 rings (SSSR count). The number of nitrogens with one attached hydrogen (secondary N) is 3. The molecule has 8 N–H and O–H groups in total. The maximum atomic E-state index is 12.9. The van der Waals surface area contributed by atoms with Crippen molar-refractivity contribution in [2.45, 2.75) is 60.5 Å². The Balaban J connectivity index is 1.16. The molecular weight excluding hydrogens is 723 g/mol. The Kier molecular flexibility index (Phi) is 10.1. The number of hydrogen-bond acceptors (Lipinski definition) is 13. The number of hydrogen-bond donors (Lipinski definition) is 7. The molecule has 0 radical (unpaired) electrons. The number of benzene rings is 2. The van der Waals surface area contributed by atoms with Gasteiger partial charge in [-0.15, -0.1) is 0 Å². The Morgan fingerprint density at radius 3 is 2.52 bits per heavy atom. The van der Waals surface area contributed by atoms with Crippen molar-refractivity contribution in [2.24, 2.45) is 5.14 Å². The molecule has 0 bridgehead atoms. The van der Waals surface area contributed by atoms with E-state index in [9.17, 15) is 38.1 Å². The number of aromatic nitrogens is 4. The van der Waals surface area contributed by atoms with Gasteiger partial charge in [0, 0.05) is 31.9 Å². The number of anilines is 3. The minimum atomic E-state index is -3.96. The molecule has 2 aromatic carbocycles. The van der Waals surface area contributed by atoms with Crippen molar-refractivity contribution in [3.8, 4) is 0 Å². The summed E-state index contributed by atoms with van der Waals surface area (Å²) in [6.07, 6.45) is -0.310. The summed E-state index contributed by atoms with van der Waals surface area (Å²) >= 11 is 0. The lowest BCUT2D eigenvalue weighted by atomic mass is 10.1. The summed E-state index contributed by atoms with van der Waals surface area (Å²) in [4.78, 5) is 56.6. The minimum absolute atomic E-state index is 0.0411. The lowest BCUT2D eigenvalue weighted by Crippen LogP contribution is -2.47. The van der Waals surface area contributed by atoms with E-state index in [0.717, 1.165) is 10.5 Å². The Labute approximate surface area is 309 Å². The lowest BCUT2D eigenvalue weighted by molar-refractivity contribution is -0.128. The first-order valence-electron chi connectivity index (χ1n) is 17.3. The second kappa shape index (κ2) is 14.8. The molecule has 20 heteroatoms. The van der Waals surface area contributed by atoms with E-state index in [0.29, 0.717) is 42.9 Å². The van der Waals surface area contributed by atoms with Crippen molar-refractivity contribution < 1.29 is 38.1 Å². The van der Waals surface area contributed by atoms with Crippen molar-refractivity contribution in [1.29, 1.82) is 0 Å². The molecule has 1 aliphatic carbocycles. The zero-order valence-corrected chi connectivity index (χ0v) is 30.0. The Morgan fingerprint density at radius 1 is 1.06 bits per heavy atom. The Hall–Kier alpha value is -5.41. The second-order valence-electron chi connectivity index (χ2n) is 13.8. The van der Waals surface area contributed by atoms with Crippen molar-refractivity contribution in [1.82, 2.24) is 34.6 Å². The third-order valence-corrected chi connectivity index (χ3v) is 10.9. The van der Waals surface area contributed by atoms with Gasteiger partial charge in [-0.3, -0.25) is 9.69 Å². The van der Waals surface area contributed by atoms with E-state index in [4.69, 9.17) is 15.1 Å². The van der Waals surface area contributed by atoms with E-state index in [1.807, 2.05) is 35.2 Å². The maximum absolute atomic E-state index is 12.9. The van der Waals surface area contributed by atoms with Gasteiger partial charge >= 0.3 is 12.1 Å². The van der Waals surface area contributed by atoms with E-state index in [1.54, 1.807) is 4.57 Å². The number of sulfonamides is 1. The van der Waals surface area contributed by atoms with E-state index in [-0.39, 0.29) is 42.1 Å². The number of imide groups is 1. The smallest absolute Gasteiger partial charge is 0.327 e. The number of rotatable bonds is 11. The summed E-state index contributed by atoms with van der Waals surface area (Å²) < 4.78 is 25.1. The molecule has 3 aliphatic rings. The van der Waals surface area contributed by atoms with Gasteiger partial charge in [-0.05, 0) is 43.0 Å². The standard InChI is InChI=1S/C34H41N11O8S/c1-42-16-26(47)45(34(42)51)25-14-24(28(48)29(25)49)44-18-36-27-30(37-22(17-46)12-19-6-3-2-4-7-19)40-32(41-31(27)44)43-11-10-21(15-43)39-33(50)38-20-8-5-9-23(13-20)54(35,52)53/h2-9,13,18,21-22,24-25,28-29,46,48-49H,10-12,14-17H2,1H3,(H2,35,52,53)(H,37,40,41)(H2,38,39,50)/t21-,22+,24-,25+,28+,29-/m1/s1. The summed E-state index contributed by atoms with van der Waals surface area (Å²) in [5.41, 5.74) is 1.86. The van der Waals surface area contributed by atoms with Gasteiger partial charge in [0.25, 0.3) is 5.91 Å². The number of carbonyl (C=O) groups excluding carboxylic acids is 3. The quantitative estimate of drug-likeness (QED) is 0.0980. The number of primary sulfonamides is 1. The topological polar surface area (TPSA) is 261 Å². The van der Waals surface area contributed by atoms with Crippen LogP contribution >= 0.6 is 0 Å². The first-order chi connectivity index (χ1) is 25.8. The molecule has 19 nitrogen and oxygen atoms in total. The number of likely N-dealkylation sites (N-methyl/N-ethyl adjacent to an activating group) is 1. The Bertz CT molecular complexity index is 2170. The largest absolute Gasteiger partial charge is 0.394 e.